The molecule has 15 heteroatoms. The Hall–Kier alpha value is -3.91. The minimum atomic E-state index is -5.08. The summed E-state index contributed by atoms with van der Waals surface area (Å²) < 4.78 is 63.5. The Morgan fingerprint density at radius 3 is 1.89 bits per heavy atom. The van der Waals surface area contributed by atoms with Gasteiger partial charge in [-0.1, -0.05) is 6.07 Å². The van der Waals surface area contributed by atoms with Gasteiger partial charge in [-0.3, -0.25) is 9.78 Å². The fourth-order valence-corrected chi connectivity index (χ4v) is 3.50. The molecule has 2 aromatic rings. The molecule has 9 nitrogen and oxygen atoms in total. The molecule has 0 atom stereocenters. The normalized spacial score (nSPS) is 16.2. The zero-order valence-electron chi connectivity index (χ0n) is 18.3. The Kier molecular flexibility index (Phi) is 8.83. The quantitative estimate of drug-likeness (QED) is 0.577. The highest BCUT2D eigenvalue weighted by Crippen LogP contribution is 2.41. The van der Waals surface area contributed by atoms with E-state index in [1.807, 2.05) is 41.4 Å². The number of rotatable bonds is 2. The largest absolute Gasteiger partial charge is 0.490 e. The second-order valence-corrected chi connectivity index (χ2v) is 7.87. The van der Waals surface area contributed by atoms with E-state index in [9.17, 15) is 31.1 Å². The monoisotopic (exact) mass is 522 g/mol. The first-order valence-electron chi connectivity index (χ1n) is 10.1. The van der Waals surface area contributed by atoms with Crippen molar-refractivity contribution in [1.82, 2.24) is 14.9 Å². The number of amides is 1. The van der Waals surface area contributed by atoms with Gasteiger partial charge in [-0.25, -0.2) is 14.6 Å². The van der Waals surface area contributed by atoms with Gasteiger partial charge in [0.25, 0.3) is 5.91 Å². The molecule has 2 aliphatic heterocycles. The van der Waals surface area contributed by atoms with Gasteiger partial charge in [0.2, 0.25) is 0 Å². The lowest BCUT2D eigenvalue weighted by Crippen LogP contribution is -2.58. The van der Waals surface area contributed by atoms with Gasteiger partial charge < -0.3 is 20.0 Å². The lowest BCUT2D eigenvalue weighted by molar-refractivity contribution is -0.193. The van der Waals surface area contributed by atoms with Crippen LogP contribution in [-0.2, 0) is 9.59 Å². The topological polar surface area (TPSA) is 124 Å². The van der Waals surface area contributed by atoms with Crippen molar-refractivity contribution in [3.8, 4) is 0 Å². The molecule has 0 bridgehead atoms. The molecule has 4 rings (SSSR count). The van der Waals surface area contributed by atoms with Crippen molar-refractivity contribution in [3.05, 3.63) is 54.5 Å². The third kappa shape index (κ3) is 7.81. The van der Waals surface area contributed by atoms with Gasteiger partial charge in [0.05, 0.1) is 5.56 Å². The van der Waals surface area contributed by atoms with Gasteiger partial charge >= 0.3 is 24.3 Å². The maximum absolute atomic E-state index is 12.5. The molecule has 0 unspecified atom stereocenters. The molecule has 0 aliphatic carbocycles. The van der Waals surface area contributed by atoms with Gasteiger partial charge in [0, 0.05) is 50.2 Å². The molecule has 4 heterocycles. The number of pyridine rings is 2. The summed E-state index contributed by atoms with van der Waals surface area (Å²) in [5, 5.41) is 14.2. The van der Waals surface area contributed by atoms with Gasteiger partial charge in [-0.2, -0.15) is 26.3 Å². The highest BCUT2D eigenvalue weighted by atomic mass is 19.4. The molecule has 2 fully saturated rings. The van der Waals surface area contributed by atoms with Crippen molar-refractivity contribution in [2.24, 2.45) is 5.41 Å². The first-order chi connectivity index (χ1) is 16.6. The van der Waals surface area contributed by atoms with E-state index in [0.717, 1.165) is 38.4 Å². The average molecular weight is 522 g/mol. The molecule has 0 saturated carbocycles. The van der Waals surface area contributed by atoms with Crippen molar-refractivity contribution in [2.45, 2.75) is 18.8 Å². The first kappa shape index (κ1) is 28.3. The number of carboxylic acids is 2. The van der Waals surface area contributed by atoms with Gasteiger partial charge in [-0.05, 0) is 30.7 Å². The molecule has 2 aliphatic rings. The number of halogens is 6. The maximum atomic E-state index is 12.5. The highest BCUT2D eigenvalue weighted by Gasteiger charge is 2.49. The molecule has 1 spiro atoms. The molecule has 1 amide bonds. The van der Waals surface area contributed by atoms with Crippen LogP contribution in [0.15, 0.2) is 48.9 Å². The van der Waals surface area contributed by atoms with Crippen LogP contribution in [0.4, 0.5) is 32.2 Å². The van der Waals surface area contributed by atoms with Crippen LogP contribution in [0, 0.1) is 5.41 Å². The summed E-state index contributed by atoms with van der Waals surface area (Å²) >= 11 is 0. The molecule has 0 radical (unpaired) electrons. The predicted molar refractivity (Wildman–Crippen MR) is 111 cm³/mol. The van der Waals surface area contributed by atoms with Crippen LogP contribution in [0.5, 0.6) is 0 Å². The van der Waals surface area contributed by atoms with Crippen LogP contribution in [0.3, 0.4) is 0 Å². The average Bonchev–Trinajstić information content (AvgIpc) is 3.24. The Labute approximate surface area is 200 Å². The van der Waals surface area contributed by atoms with Crippen LogP contribution in [0.25, 0.3) is 0 Å². The Morgan fingerprint density at radius 1 is 0.861 bits per heavy atom. The smallest absolute Gasteiger partial charge is 0.475 e. The van der Waals surface area contributed by atoms with E-state index in [1.54, 1.807) is 12.4 Å². The number of carboxylic acid groups (broad SMARTS) is 2. The Morgan fingerprint density at radius 2 is 1.44 bits per heavy atom. The third-order valence-corrected chi connectivity index (χ3v) is 5.14. The van der Waals surface area contributed by atoms with Crippen molar-refractivity contribution in [1.29, 1.82) is 0 Å². The van der Waals surface area contributed by atoms with Crippen molar-refractivity contribution < 1.29 is 50.9 Å². The van der Waals surface area contributed by atoms with E-state index >= 15 is 0 Å². The Bertz CT molecular complexity index is 1020. The summed E-state index contributed by atoms with van der Waals surface area (Å²) in [4.78, 5) is 43.0. The molecular formula is C21H20F6N4O5. The first-order valence-corrected chi connectivity index (χ1v) is 10.1. The molecular weight excluding hydrogens is 502 g/mol. The third-order valence-electron chi connectivity index (χ3n) is 5.14. The second-order valence-electron chi connectivity index (χ2n) is 7.87. The summed E-state index contributed by atoms with van der Waals surface area (Å²) in [5.41, 5.74) is 0.926. The number of alkyl halides is 6. The summed E-state index contributed by atoms with van der Waals surface area (Å²) in [6.45, 7) is 3.65. The Balaban J connectivity index is 0.000000271. The zero-order valence-corrected chi connectivity index (χ0v) is 18.3. The van der Waals surface area contributed by atoms with Crippen molar-refractivity contribution in [3.63, 3.8) is 0 Å². The van der Waals surface area contributed by atoms with Crippen LogP contribution >= 0.6 is 0 Å². The zero-order chi connectivity index (χ0) is 27.1. The van der Waals surface area contributed by atoms with Crippen LogP contribution < -0.4 is 4.90 Å². The molecule has 196 valence electrons. The van der Waals surface area contributed by atoms with E-state index in [0.29, 0.717) is 5.56 Å². The van der Waals surface area contributed by atoms with Crippen LogP contribution in [0.2, 0.25) is 0 Å². The number of carbonyl (C=O) groups excluding carboxylic acids is 1. The predicted octanol–water partition coefficient (Wildman–Crippen LogP) is 3.10. The van der Waals surface area contributed by atoms with E-state index in [1.165, 1.54) is 0 Å². The molecule has 2 aromatic heterocycles. The fourth-order valence-electron chi connectivity index (χ4n) is 3.50. The minimum Gasteiger partial charge on any atom is -0.475 e. The van der Waals surface area contributed by atoms with E-state index in [4.69, 9.17) is 19.8 Å². The maximum Gasteiger partial charge on any atom is 0.490 e. The van der Waals surface area contributed by atoms with Crippen molar-refractivity contribution in [2.75, 3.05) is 31.1 Å². The van der Waals surface area contributed by atoms with E-state index in [2.05, 4.69) is 14.9 Å². The molecule has 2 saturated heterocycles. The number of likely N-dealkylation sites (tertiary alicyclic amines) is 1. The van der Waals surface area contributed by atoms with E-state index < -0.39 is 24.3 Å². The fraction of sp³-hybridized carbons (Fsp3) is 0.381. The molecule has 36 heavy (non-hydrogen) atoms. The number of hydrogen-bond acceptors (Lipinski definition) is 6. The van der Waals surface area contributed by atoms with Crippen LogP contribution in [0.1, 0.15) is 16.8 Å². The number of nitrogens with zero attached hydrogens (tertiary/aromatic N) is 4. The number of carbonyl (C=O) groups is 3. The number of aliphatic carboxylic acids is 2. The standard InChI is InChI=1S/C17H18N4O.2C2HF3O2/c22-16(14-4-3-7-18-10-14)20-9-6-17(11-20)12-21(13-17)15-5-1-2-8-19-15;2*3-2(4,5)1(6)7/h1-5,7-8,10H,6,9,11-13H2;2*(H,6,7). The summed E-state index contributed by atoms with van der Waals surface area (Å²) in [6.07, 6.45) is -3.93. The van der Waals surface area contributed by atoms with Gasteiger partial charge in [0.15, 0.2) is 0 Å². The summed E-state index contributed by atoms with van der Waals surface area (Å²) in [5.74, 6) is -4.38. The minimum absolute atomic E-state index is 0.0984. The van der Waals surface area contributed by atoms with E-state index in [-0.39, 0.29) is 11.3 Å². The highest BCUT2D eigenvalue weighted by molar-refractivity contribution is 5.94. The summed E-state index contributed by atoms with van der Waals surface area (Å²) in [6, 6.07) is 9.63. The summed E-state index contributed by atoms with van der Waals surface area (Å²) in [7, 11) is 0. The lowest BCUT2D eigenvalue weighted by atomic mass is 9.79. The molecule has 2 N–H and O–H groups in total. The van der Waals surface area contributed by atoms with Gasteiger partial charge in [0.1, 0.15) is 5.82 Å². The molecule has 0 aromatic carbocycles. The number of anilines is 1. The van der Waals surface area contributed by atoms with Crippen molar-refractivity contribution >= 4 is 23.7 Å². The van der Waals surface area contributed by atoms with Gasteiger partial charge in [-0.15, -0.1) is 0 Å². The number of aromatic nitrogens is 2. The van der Waals surface area contributed by atoms with Crippen LogP contribution in [-0.4, -0.2) is 81.5 Å². The number of hydrogen-bond donors (Lipinski definition) is 2. The SMILES string of the molecule is O=C(O)C(F)(F)F.O=C(O)C(F)(F)F.O=C(c1cccnc1)N1CCC2(C1)CN(c1ccccn1)C2. The second kappa shape index (κ2) is 11.2. The lowest BCUT2D eigenvalue weighted by Gasteiger charge is -2.48.